The predicted molar refractivity (Wildman–Crippen MR) is 80.2 cm³/mol. The summed E-state index contributed by atoms with van der Waals surface area (Å²) in [5.74, 6) is 0.272. The second kappa shape index (κ2) is 7.37. The van der Waals surface area contributed by atoms with Gasteiger partial charge in [0.25, 0.3) is 0 Å². The smallest absolute Gasteiger partial charge is 0.244 e. The summed E-state index contributed by atoms with van der Waals surface area (Å²) in [5, 5.41) is 9.28. The first kappa shape index (κ1) is 17.4. The van der Waals surface area contributed by atoms with E-state index in [1.165, 1.54) is 13.0 Å². The zero-order chi connectivity index (χ0) is 15.3. The lowest BCUT2D eigenvalue weighted by atomic mass is 10.2. The largest absolute Gasteiger partial charge is 0.492 e. The van der Waals surface area contributed by atoms with Gasteiger partial charge in [-0.1, -0.05) is 15.9 Å². The van der Waals surface area contributed by atoms with Crippen LogP contribution in [0.15, 0.2) is 27.6 Å². The van der Waals surface area contributed by atoms with Crippen LogP contribution in [0, 0.1) is 0 Å². The van der Waals surface area contributed by atoms with E-state index in [-0.39, 0.29) is 17.2 Å². The molecule has 4 N–H and O–H groups in total. The number of rotatable bonds is 7. The highest BCUT2D eigenvalue weighted by atomic mass is 79.9. The number of nitrogens with one attached hydrogen (secondary N) is 1. The molecule has 1 aromatic rings. The molecule has 0 saturated carbocycles. The fraction of sp³-hybridized carbons (Fsp3) is 0.500. The third-order valence-corrected chi connectivity index (χ3v) is 4.56. The van der Waals surface area contributed by atoms with Gasteiger partial charge in [0.2, 0.25) is 10.0 Å². The van der Waals surface area contributed by atoms with Crippen LogP contribution in [0.25, 0.3) is 0 Å². The minimum atomic E-state index is -3.76. The molecule has 0 aliphatic heterocycles. The lowest BCUT2D eigenvalue weighted by Gasteiger charge is -2.17. The highest BCUT2D eigenvalue weighted by Gasteiger charge is 2.21. The second-order valence-electron chi connectivity index (χ2n) is 4.28. The maximum atomic E-state index is 12.3. The van der Waals surface area contributed by atoms with Crippen LogP contribution >= 0.6 is 15.9 Å². The Balaban J connectivity index is 2.99. The highest BCUT2D eigenvalue weighted by molar-refractivity contribution is 9.10. The predicted octanol–water partition coefficient (Wildman–Crippen LogP) is 0.834. The molecule has 0 bridgehead atoms. The molecule has 0 saturated heterocycles. The lowest BCUT2D eigenvalue weighted by Crippen LogP contribution is -2.43. The summed E-state index contributed by atoms with van der Waals surface area (Å²) in [6.07, 6.45) is -0.799. The summed E-state index contributed by atoms with van der Waals surface area (Å²) in [6, 6.07) is 4.07. The van der Waals surface area contributed by atoms with Crippen LogP contribution in [0.2, 0.25) is 0 Å². The number of aliphatic hydroxyl groups is 1. The molecular weight excluding hydrogens is 348 g/mol. The fourth-order valence-corrected chi connectivity index (χ4v) is 3.17. The summed E-state index contributed by atoms with van der Waals surface area (Å²) in [4.78, 5) is 0.0338. The van der Waals surface area contributed by atoms with Crippen molar-refractivity contribution in [2.75, 3.05) is 13.2 Å². The van der Waals surface area contributed by atoms with Crippen molar-refractivity contribution in [1.29, 1.82) is 0 Å². The van der Waals surface area contributed by atoms with Gasteiger partial charge in [-0.2, -0.15) is 0 Å². The minimum absolute atomic E-state index is 0.0338. The molecule has 8 heteroatoms. The van der Waals surface area contributed by atoms with Crippen LogP contribution in [0.5, 0.6) is 5.75 Å². The van der Waals surface area contributed by atoms with Crippen molar-refractivity contribution >= 4 is 26.0 Å². The maximum absolute atomic E-state index is 12.3. The molecule has 0 aliphatic rings. The van der Waals surface area contributed by atoms with E-state index in [2.05, 4.69) is 20.7 Å². The van der Waals surface area contributed by atoms with Gasteiger partial charge < -0.3 is 15.6 Å². The van der Waals surface area contributed by atoms with Crippen LogP contribution in [0.3, 0.4) is 0 Å². The van der Waals surface area contributed by atoms with Crippen molar-refractivity contribution in [2.24, 2.45) is 5.73 Å². The Kier molecular flexibility index (Phi) is 6.41. The molecule has 0 aromatic heterocycles. The van der Waals surface area contributed by atoms with Crippen LogP contribution < -0.4 is 15.2 Å². The van der Waals surface area contributed by atoms with Crippen molar-refractivity contribution in [1.82, 2.24) is 4.72 Å². The summed E-state index contributed by atoms with van der Waals surface area (Å²) in [7, 11) is -3.76. The van der Waals surface area contributed by atoms with Crippen LogP contribution in [-0.4, -0.2) is 38.8 Å². The fourth-order valence-electron chi connectivity index (χ4n) is 1.42. The van der Waals surface area contributed by atoms with Gasteiger partial charge in [-0.15, -0.1) is 0 Å². The van der Waals surface area contributed by atoms with Gasteiger partial charge in [0, 0.05) is 17.1 Å². The van der Waals surface area contributed by atoms with E-state index >= 15 is 0 Å². The molecule has 1 rings (SSSR count). The first-order chi connectivity index (χ1) is 9.27. The monoisotopic (exact) mass is 366 g/mol. The molecule has 0 fully saturated rings. The van der Waals surface area contributed by atoms with Crippen molar-refractivity contribution in [3.05, 3.63) is 22.7 Å². The number of nitrogens with two attached hydrogens (primary N) is 1. The Hall–Kier alpha value is -0.670. The van der Waals surface area contributed by atoms with E-state index in [0.29, 0.717) is 11.1 Å². The molecule has 2 unspecified atom stereocenters. The van der Waals surface area contributed by atoms with Gasteiger partial charge >= 0.3 is 0 Å². The Bertz CT molecular complexity index is 548. The van der Waals surface area contributed by atoms with E-state index in [9.17, 15) is 13.5 Å². The topological polar surface area (TPSA) is 102 Å². The van der Waals surface area contributed by atoms with Gasteiger partial charge in [-0.05, 0) is 32.0 Å². The highest BCUT2D eigenvalue weighted by Crippen LogP contribution is 2.27. The van der Waals surface area contributed by atoms with Gasteiger partial charge in [-0.3, -0.25) is 0 Å². The number of benzene rings is 1. The zero-order valence-corrected chi connectivity index (χ0v) is 13.7. The summed E-state index contributed by atoms with van der Waals surface area (Å²) in [6.45, 7) is 3.58. The Morgan fingerprint density at radius 1 is 1.50 bits per heavy atom. The standard InChI is InChI=1S/C12H19BrN2O4S/c1-3-19-11-5-4-9(13)6-12(11)20(17,18)15-7-10(14)8(2)16/h4-6,8,10,15-16H,3,7,14H2,1-2H3. The Morgan fingerprint density at radius 2 is 2.15 bits per heavy atom. The quantitative estimate of drug-likeness (QED) is 0.663. The Morgan fingerprint density at radius 3 is 2.70 bits per heavy atom. The van der Waals surface area contributed by atoms with Gasteiger partial charge in [0.1, 0.15) is 10.6 Å². The van der Waals surface area contributed by atoms with Crippen molar-refractivity contribution in [3.63, 3.8) is 0 Å². The van der Waals surface area contributed by atoms with Gasteiger partial charge in [0.15, 0.2) is 0 Å². The lowest BCUT2D eigenvalue weighted by molar-refractivity contribution is 0.164. The summed E-state index contributed by atoms with van der Waals surface area (Å²) >= 11 is 3.23. The third-order valence-electron chi connectivity index (χ3n) is 2.62. The Labute approximate surface area is 127 Å². The zero-order valence-electron chi connectivity index (χ0n) is 11.3. The molecule has 6 nitrogen and oxygen atoms in total. The number of hydrogen-bond acceptors (Lipinski definition) is 5. The first-order valence-corrected chi connectivity index (χ1v) is 8.41. The minimum Gasteiger partial charge on any atom is -0.492 e. The van der Waals surface area contributed by atoms with E-state index in [4.69, 9.17) is 10.5 Å². The molecule has 0 radical (unpaired) electrons. The molecule has 0 heterocycles. The molecule has 0 spiro atoms. The van der Waals surface area contributed by atoms with Crippen molar-refractivity contribution < 1.29 is 18.3 Å². The average Bonchev–Trinajstić information content (AvgIpc) is 2.38. The molecular formula is C12H19BrN2O4S. The van der Waals surface area contributed by atoms with Crippen LogP contribution in [-0.2, 0) is 10.0 Å². The molecule has 114 valence electrons. The molecule has 0 amide bonds. The molecule has 2 atom stereocenters. The van der Waals surface area contributed by atoms with E-state index in [1.54, 1.807) is 19.1 Å². The van der Waals surface area contributed by atoms with E-state index < -0.39 is 22.2 Å². The number of sulfonamides is 1. The number of ether oxygens (including phenoxy) is 1. The SMILES string of the molecule is CCOc1ccc(Br)cc1S(=O)(=O)NCC(N)C(C)O. The number of aliphatic hydroxyl groups excluding tert-OH is 1. The summed E-state index contributed by atoms with van der Waals surface area (Å²) in [5.41, 5.74) is 5.61. The number of hydrogen-bond donors (Lipinski definition) is 3. The van der Waals surface area contributed by atoms with Crippen molar-refractivity contribution in [2.45, 2.75) is 30.9 Å². The number of halogens is 1. The third kappa shape index (κ3) is 4.71. The second-order valence-corrected chi connectivity index (χ2v) is 6.93. The molecule has 1 aromatic carbocycles. The molecule has 0 aliphatic carbocycles. The normalized spacial score (nSPS) is 14.8. The van der Waals surface area contributed by atoms with Gasteiger partial charge in [0.05, 0.1) is 12.7 Å². The molecule has 20 heavy (non-hydrogen) atoms. The summed E-state index contributed by atoms with van der Waals surface area (Å²) < 4.78 is 32.8. The first-order valence-electron chi connectivity index (χ1n) is 6.13. The van der Waals surface area contributed by atoms with Gasteiger partial charge in [-0.25, -0.2) is 13.1 Å². The van der Waals surface area contributed by atoms with E-state index in [0.717, 1.165) is 0 Å². The van der Waals surface area contributed by atoms with Crippen LogP contribution in [0.4, 0.5) is 0 Å². The van der Waals surface area contributed by atoms with Crippen LogP contribution in [0.1, 0.15) is 13.8 Å². The maximum Gasteiger partial charge on any atom is 0.244 e. The van der Waals surface area contributed by atoms with Crippen molar-refractivity contribution in [3.8, 4) is 5.75 Å². The average molecular weight is 367 g/mol. The van der Waals surface area contributed by atoms with E-state index in [1.807, 2.05) is 0 Å².